The number of para-hydroxylation sites is 1. The Morgan fingerprint density at radius 3 is 2.71 bits per heavy atom. The molecule has 4 heteroatoms. The maximum atomic E-state index is 13.1. The Morgan fingerprint density at radius 1 is 1.10 bits per heavy atom. The Labute approximate surface area is 127 Å². The van der Waals surface area contributed by atoms with Crippen molar-refractivity contribution in [2.45, 2.75) is 13.0 Å². The number of benzene rings is 2. The minimum absolute atomic E-state index is 0.315. The molecule has 0 aliphatic rings. The fourth-order valence-electron chi connectivity index (χ4n) is 2.66. The molecule has 21 heavy (non-hydrogen) atoms. The molecule has 2 aromatic carbocycles. The average Bonchev–Trinajstić information content (AvgIpc) is 2.87. The molecule has 0 spiro atoms. The van der Waals surface area contributed by atoms with Crippen molar-refractivity contribution < 1.29 is 4.39 Å². The molecule has 3 aromatic rings. The Balaban J connectivity index is 2.04. The fourth-order valence-corrected chi connectivity index (χ4v) is 2.89. The maximum Gasteiger partial charge on any atom is 0.124 e. The van der Waals surface area contributed by atoms with Gasteiger partial charge in [-0.2, -0.15) is 0 Å². The number of aromatic nitrogens is 1. The zero-order valence-electron chi connectivity index (χ0n) is 11.5. The molecule has 2 N–H and O–H groups in total. The molecule has 0 saturated carbocycles. The second-order valence-corrected chi connectivity index (χ2v) is 5.48. The molecule has 0 aliphatic carbocycles. The zero-order valence-corrected chi connectivity index (χ0v) is 12.3. The highest BCUT2D eigenvalue weighted by Gasteiger charge is 2.09. The number of nitrogens with two attached hydrogens (primary N) is 1. The van der Waals surface area contributed by atoms with E-state index in [0.717, 1.165) is 12.0 Å². The molecule has 0 saturated heterocycles. The summed E-state index contributed by atoms with van der Waals surface area (Å²) in [4.78, 5) is 0. The smallest absolute Gasteiger partial charge is 0.124 e. The van der Waals surface area contributed by atoms with Gasteiger partial charge in [0.25, 0.3) is 0 Å². The first-order valence-electron chi connectivity index (χ1n) is 6.90. The lowest BCUT2D eigenvalue weighted by molar-refractivity contribution is 0.626. The quantitative estimate of drug-likeness (QED) is 0.776. The van der Waals surface area contributed by atoms with Gasteiger partial charge in [0.05, 0.1) is 5.52 Å². The van der Waals surface area contributed by atoms with E-state index < -0.39 is 0 Å². The molecule has 0 bridgehead atoms. The summed E-state index contributed by atoms with van der Waals surface area (Å²) in [5, 5.41) is 1.63. The van der Waals surface area contributed by atoms with Gasteiger partial charge in [-0.3, -0.25) is 0 Å². The van der Waals surface area contributed by atoms with Crippen molar-refractivity contribution in [3.63, 3.8) is 0 Å². The molecule has 3 rings (SSSR count). The lowest BCUT2D eigenvalue weighted by atomic mass is 10.1. The second kappa shape index (κ2) is 5.88. The van der Waals surface area contributed by atoms with Crippen LogP contribution in [-0.2, 0) is 13.0 Å². The van der Waals surface area contributed by atoms with Gasteiger partial charge in [-0.25, -0.2) is 4.39 Å². The molecule has 1 heterocycles. The summed E-state index contributed by atoms with van der Waals surface area (Å²) >= 11 is 6.13. The van der Waals surface area contributed by atoms with Gasteiger partial charge in [0.2, 0.25) is 0 Å². The van der Waals surface area contributed by atoms with Crippen LogP contribution in [0.4, 0.5) is 4.39 Å². The van der Waals surface area contributed by atoms with Crippen LogP contribution in [0.2, 0.25) is 5.02 Å². The molecule has 0 amide bonds. The molecule has 0 radical (unpaired) electrons. The number of nitrogens with zero attached hydrogens (tertiary/aromatic N) is 1. The van der Waals surface area contributed by atoms with Crippen molar-refractivity contribution >= 4 is 22.5 Å². The third kappa shape index (κ3) is 2.80. The first-order valence-corrected chi connectivity index (χ1v) is 7.27. The molecule has 0 aliphatic heterocycles. The number of hydrogen-bond acceptors (Lipinski definition) is 1. The SMILES string of the molecule is NCCc1cccc2ccn(Cc3ccc(F)cc3Cl)c12. The third-order valence-electron chi connectivity index (χ3n) is 3.64. The van der Waals surface area contributed by atoms with Crippen LogP contribution in [0.1, 0.15) is 11.1 Å². The van der Waals surface area contributed by atoms with Gasteiger partial charge in [0, 0.05) is 17.8 Å². The van der Waals surface area contributed by atoms with E-state index in [4.69, 9.17) is 17.3 Å². The van der Waals surface area contributed by atoms with E-state index in [1.807, 2.05) is 12.3 Å². The lowest BCUT2D eigenvalue weighted by Gasteiger charge is -2.11. The van der Waals surface area contributed by atoms with E-state index in [9.17, 15) is 4.39 Å². The molecular formula is C17H16ClFN2. The summed E-state index contributed by atoms with van der Waals surface area (Å²) in [6.45, 7) is 1.23. The van der Waals surface area contributed by atoms with Crippen molar-refractivity contribution in [3.8, 4) is 0 Å². The van der Waals surface area contributed by atoms with Crippen molar-refractivity contribution in [3.05, 3.63) is 70.6 Å². The molecular weight excluding hydrogens is 287 g/mol. The van der Waals surface area contributed by atoms with Crippen molar-refractivity contribution in [2.24, 2.45) is 5.73 Å². The largest absolute Gasteiger partial charge is 0.343 e. The van der Waals surface area contributed by atoms with Gasteiger partial charge in [0.15, 0.2) is 0 Å². The summed E-state index contributed by atoms with van der Waals surface area (Å²) in [7, 11) is 0. The van der Waals surface area contributed by atoms with Crippen molar-refractivity contribution in [2.75, 3.05) is 6.54 Å². The summed E-state index contributed by atoms with van der Waals surface area (Å²) in [5.74, 6) is -0.315. The average molecular weight is 303 g/mol. The van der Waals surface area contributed by atoms with E-state index in [2.05, 4.69) is 22.8 Å². The van der Waals surface area contributed by atoms with Crippen LogP contribution in [0.15, 0.2) is 48.7 Å². The van der Waals surface area contributed by atoms with Crippen LogP contribution >= 0.6 is 11.6 Å². The predicted octanol–water partition coefficient (Wildman–Crippen LogP) is 3.98. The zero-order chi connectivity index (χ0) is 14.8. The summed E-state index contributed by atoms with van der Waals surface area (Å²) in [5.41, 5.74) is 8.98. The fraction of sp³-hybridized carbons (Fsp3) is 0.176. The molecule has 2 nitrogen and oxygen atoms in total. The molecule has 108 valence electrons. The summed E-state index contributed by atoms with van der Waals surface area (Å²) < 4.78 is 15.3. The van der Waals surface area contributed by atoms with Crippen LogP contribution in [0.25, 0.3) is 10.9 Å². The van der Waals surface area contributed by atoms with Gasteiger partial charge < -0.3 is 10.3 Å². The van der Waals surface area contributed by atoms with E-state index >= 15 is 0 Å². The van der Waals surface area contributed by atoms with Crippen molar-refractivity contribution in [1.82, 2.24) is 4.57 Å². The van der Waals surface area contributed by atoms with E-state index in [0.29, 0.717) is 18.1 Å². The number of halogens is 2. The molecule has 0 fully saturated rings. The molecule has 0 atom stereocenters. The predicted molar refractivity (Wildman–Crippen MR) is 85.2 cm³/mol. The highest BCUT2D eigenvalue weighted by molar-refractivity contribution is 6.31. The van der Waals surface area contributed by atoms with Gasteiger partial charge in [0.1, 0.15) is 5.82 Å². The van der Waals surface area contributed by atoms with Gasteiger partial charge in [-0.15, -0.1) is 0 Å². The standard InChI is InChI=1S/C17H16ClFN2/c18-16-10-15(19)5-4-14(16)11-21-9-7-13-3-1-2-12(6-8-20)17(13)21/h1-5,7,9-10H,6,8,11,20H2. The molecule has 1 aromatic heterocycles. The normalized spacial score (nSPS) is 11.2. The minimum Gasteiger partial charge on any atom is -0.343 e. The van der Waals surface area contributed by atoms with E-state index in [1.54, 1.807) is 6.07 Å². The first-order chi connectivity index (χ1) is 10.2. The van der Waals surface area contributed by atoms with Crippen LogP contribution in [-0.4, -0.2) is 11.1 Å². The Bertz CT molecular complexity index is 780. The van der Waals surface area contributed by atoms with Crippen LogP contribution in [0, 0.1) is 5.82 Å². The van der Waals surface area contributed by atoms with E-state index in [1.165, 1.54) is 28.6 Å². The van der Waals surface area contributed by atoms with E-state index in [-0.39, 0.29) is 5.82 Å². The number of fused-ring (bicyclic) bond motifs is 1. The van der Waals surface area contributed by atoms with Crippen LogP contribution < -0.4 is 5.73 Å². The van der Waals surface area contributed by atoms with Crippen LogP contribution in [0.5, 0.6) is 0 Å². The summed E-state index contributed by atoms with van der Waals surface area (Å²) in [6.07, 6.45) is 2.86. The lowest BCUT2D eigenvalue weighted by Crippen LogP contribution is -2.06. The number of hydrogen-bond donors (Lipinski definition) is 1. The maximum absolute atomic E-state index is 13.1. The van der Waals surface area contributed by atoms with Gasteiger partial charge in [-0.1, -0.05) is 35.9 Å². The first kappa shape index (κ1) is 14.1. The summed E-state index contributed by atoms with van der Waals surface area (Å²) in [6, 6.07) is 12.8. The molecule has 0 unspecified atom stereocenters. The monoisotopic (exact) mass is 302 g/mol. The Hall–Kier alpha value is -1.84. The Morgan fingerprint density at radius 2 is 1.95 bits per heavy atom. The highest BCUT2D eigenvalue weighted by atomic mass is 35.5. The van der Waals surface area contributed by atoms with Gasteiger partial charge in [-0.05, 0) is 47.7 Å². The number of rotatable bonds is 4. The Kier molecular flexibility index (Phi) is 3.95. The highest BCUT2D eigenvalue weighted by Crippen LogP contribution is 2.24. The topological polar surface area (TPSA) is 30.9 Å². The second-order valence-electron chi connectivity index (χ2n) is 5.07. The van der Waals surface area contributed by atoms with Crippen molar-refractivity contribution in [1.29, 1.82) is 0 Å². The minimum atomic E-state index is -0.315. The van der Waals surface area contributed by atoms with Gasteiger partial charge >= 0.3 is 0 Å². The van der Waals surface area contributed by atoms with Crippen LogP contribution in [0.3, 0.4) is 0 Å². The third-order valence-corrected chi connectivity index (χ3v) is 3.99.